The molecule has 0 spiro atoms. The molecule has 130 valence electrons. The van der Waals surface area contributed by atoms with Crippen molar-refractivity contribution in [1.29, 1.82) is 0 Å². The number of nitrogens with zero attached hydrogens (tertiary/aromatic N) is 2. The van der Waals surface area contributed by atoms with Gasteiger partial charge < -0.3 is 5.21 Å². The maximum Gasteiger partial charge on any atom is 0.271 e. The van der Waals surface area contributed by atoms with E-state index < -0.39 is 15.9 Å². The van der Waals surface area contributed by atoms with Gasteiger partial charge in [-0.3, -0.25) is 4.79 Å². The fraction of sp³-hybridized carbons (Fsp3) is 0.0625. The fourth-order valence-corrected chi connectivity index (χ4v) is 2.70. The van der Waals surface area contributed by atoms with Gasteiger partial charge in [-0.1, -0.05) is 41.6 Å². The molecule has 0 aliphatic carbocycles. The molecule has 1 amide bonds. The predicted octanol–water partition coefficient (Wildman–Crippen LogP) is 1.19. The van der Waals surface area contributed by atoms with E-state index in [1.165, 1.54) is 31.3 Å². The average Bonchev–Trinajstić information content (AvgIpc) is 2.65. The first-order valence-corrected chi connectivity index (χ1v) is 8.61. The van der Waals surface area contributed by atoms with Crippen molar-refractivity contribution in [2.24, 2.45) is 10.3 Å². The zero-order chi connectivity index (χ0) is 18.3. The number of amides is 1. The normalized spacial score (nSPS) is 12.3. The van der Waals surface area contributed by atoms with Crippen LogP contribution in [0.3, 0.4) is 0 Å². The first-order valence-electron chi connectivity index (χ1n) is 7.12. The van der Waals surface area contributed by atoms with Crippen LogP contribution in [0.15, 0.2) is 69.7 Å². The molecular formula is C16H16N4O4S. The number of oxime groups is 1. The van der Waals surface area contributed by atoms with Crippen LogP contribution in [0.2, 0.25) is 0 Å². The monoisotopic (exact) mass is 360 g/mol. The van der Waals surface area contributed by atoms with Gasteiger partial charge in [0.25, 0.3) is 5.91 Å². The summed E-state index contributed by atoms with van der Waals surface area (Å²) in [5.74, 6) is -0.604. The Bertz CT molecular complexity index is 909. The standard InChI is InChI=1S/C16H16N4O4S/c1-17-25(23,24)14-9-5-8-13(10-14)16(21)20-19-15(11-18-22)12-6-3-2-4-7-12/h2-11,17,22H,1H3,(H,20,21)/b18-11-,19-15-. The predicted molar refractivity (Wildman–Crippen MR) is 93.4 cm³/mol. The maximum absolute atomic E-state index is 12.2. The quantitative estimate of drug-likeness (QED) is 0.407. The van der Waals surface area contributed by atoms with Crippen LogP contribution in [-0.2, 0) is 10.0 Å². The van der Waals surface area contributed by atoms with Crippen molar-refractivity contribution in [2.45, 2.75) is 4.90 Å². The SMILES string of the molecule is CNS(=O)(=O)c1cccc(C(=O)N/N=C(/C=N\O)c2ccccc2)c1. The lowest BCUT2D eigenvalue weighted by Gasteiger charge is -2.06. The van der Waals surface area contributed by atoms with Gasteiger partial charge in [0, 0.05) is 11.1 Å². The smallest absolute Gasteiger partial charge is 0.271 e. The molecule has 9 heteroatoms. The summed E-state index contributed by atoms with van der Waals surface area (Å²) in [5, 5.41) is 15.6. The summed E-state index contributed by atoms with van der Waals surface area (Å²) in [4.78, 5) is 12.2. The van der Waals surface area contributed by atoms with E-state index in [2.05, 4.69) is 20.4 Å². The van der Waals surface area contributed by atoms with Crippen molar-refractivity contribution >= 4 is 27.9 Å². The number of hydrogen-bond acceptors (Lipinski definition) is 6. The molecule has 0 aliphatic heterocycles. The topological polar surface area (TPSA) is 120 Å². The highest BCUT2D eigenvalue weighted by Gasteiger charge is 2.14. The number of benzene rings is 2. The van der Waals surface area contributed by atoms with E-state index in [0.29, 0.717) is 5.56 Å². The van der Waals surface area contributed by atoms with E-state index in [4.69, 9.17) is 5.21 Å². The summed E-state index contributed by atoms with van der Waals surface area (Å²) in [6, 6.07) is 14.3. The van der Waals surface area contributed by atoms with Crippen molar-refractivity contribution in [3.05, 3.63) is 65.7 Å². The lowest BCUT2D eigenvalue weighted by atomic mass is 10.1. The largest absolute Gasteiger partial charge is 0.411 e. The van der Waals surface area contributed by atoms with Gasteiger partial charge in [0.05, 0.1) is 11.1 Å². The minimum atomic E-state index is -3.66. The third kappa shape index (κ3) is 4.72. The third-order valence-corrected chi connectivity index (χ3v) is 4.61. The van der Waals surface area contributed by atoms with E-state index in [9.17, 15) is 13.2 Å². The number of rotatable bonds is 6. The molecular weight excluding hydrogens is 344 g/mol. The number of hydrogen-bond donors (Lipinski definition) is 3. The van der Waals surface area contributed by atoms with E-state index in [1.54, 1.807) is 24.3 Å². The number of carbonyl (C=O) groups excluding carboxylic acids is 1. The second kappa shape index (κ2) is 8.18. The van der Waals surface area contributed by atoms with Crippen molar-refractivity contribution in [3.8, 4) is 0 Å². The molecule has 0 radical (unpaired) electrons. The summed E-state index contributed by atoms with van der Waals surface area (Å²) < 4.78 is 25.8. The Morgan fingerprint density at radius 1 is 1.08 bits per heavy atom. The number of sulfonamides is 1. The molecule has 0 unspecified atom stereocenters. The minimum Gasteiger partial charge on any atom is -0.411 e. The fourth-order valence-electron chi connectivity index (χ4n) is 1.93. The molecule has 8 nitrogen and oxygen atoms in total. The van der Waals surface area contributed by atoms with Gasteiger partial charge in [0.2, 0.25) is 10.0 Å². The number of hydrazone groups is 1. The maximum atomic E-state index is 12.2. The Kier molecular flexibility index (Phi) is 5.98. The second-order valence-electron chi connectivity index (χ2n) is 4.78. The van der Waals surface area contributed by atoms with Crippen molar-refractivity contribution in [2.75, 3.05) is 7.05 Å². The third-order valence-electron chi connectivity index (χ3n) is 3.20. The van der Waals surface area contributed by atoms with Crippen LogP contribution in [0.5, 0.6) is 0 Å². The molecule has 2 rings (SSSR count). The van der Waals surface area contributed by atoms with Crippen molar-refractivity contribution in [1.82, 2.24) is 10.1 Å². The lowest BCUT2D eigenvalue weighted by Crippen LogP contribution is -2.22. The number of nitrogens with one attached hydrogen (secondary N) is 2. The van der Waals surface area contributed by atoms with Crippen LogP contribution in [0.25, 0.3) is 0 Å². The average molecular weight is 360 g/mol. The summed E-state index contributed by atoms with van der Waals surface area (Å²) >= 11 is 0. The zero-order valence-corrected chi connectivity index (χ0v) is 14.1. The Morgan fingerprint density at radius 3 is 2.40 bits per heavy atom. The Hall–Kier alpha value is -3.04. The van der Waals surface area contributed by atoms with E-state index in [-0.39, 0.29) is 16.2 Å². The van der Waals surface area contributed by atoms with Crippen molar-refractivity contribution in [3.63, 3.8) is 0 Å². The van der Waals surface area contributed by atoms with Gasteiger partial charge in [-0.25, -0.2) is 18.6 Å². The molecule has 0 aromatic heterocycles. The molecule has 3 N–H and O–H groups in total. The Labute approximate surface area is 144 Å². The molecule has 25 heavy (non-hydrogen) atoms. The lowest BCUT2D eigenvalue weighted by molar-refractivity contribution is 0.0954. The molecule has 0 atom stereocenters. The highest BCUT2D eigenvalue weighted by atomic mass is 32.2. The zero-order valence-electron chi connectivity index (χ0n) is 13.2. The van der Waals surface area contributed by atoms with Crippen molar-refractivity contribution < 1.29 is 18.4 Å². The van der Waals surface area contributed by atoms with Crippen LogP contribution in [-0.4, -0.2) is 38.5 Å². The molecule has 0 saturated carbocycles. The van der Waals surface area contributed by atoms with Gasteiger partial charge in [-0.15, -0.1) is 0 Å². The van der Waals surface area contributed by atoms with Crippen LogP contribution in [0.1, 0.15) is 15.9 Å². The van der Waals surface area contributed by atoms with Crippen LogP contribution >= 0.6 is 0 Å². The minimum absolute atomic E-state index is 0.0353. The van der Waals surface area contributed by atoms with E-state index in [1.807, 2.05) is 6.07 Å². The summed E-state index contributed by atoms with van der Waals surface area (Å²) in [6.45, 7) is 0. The van der Waals surface area contributed by atoms with Gasteiger partial charge in [-0.2, -0.15) is 5.10 Å². The van der Waals surface area contributed by atoms with Crippen LogP contribution in [0, 0.1) is 0 Å². The van der Waals surface area contributed by atoms with E-state index >= 15 is 0 Å². The van der Waals surface area contributed by atoms with Crippen LogP contribution in [0.4, 0.5) is 0 Å². The summed E-state index contributed by atoms with van der Waals surface area (Å²) in [7, 11) is -2.37. The van der Waals surface area contributed by atoms with Gasteiger partial charge in [-0.05, 0) is 25.2 Å². The first kappa shape index (κ1) is 18.3. The molecule has 0 fully saturated rings. The second-order valence-corrected chi connectivity index (χ2v) is 6.67. The molecule has 0 bridgehead atoms. The summed E-state index contributed by atoms with van der Waals surface area (Å²) in [6.07, 6.45) is 1.08. The van der Waals surface area contributed by atoms with Gasteiger partial charge >= 0.3 is 0 Å². The molecule has 2 aromatic rings. The molecule has 0 aliphatic rings. The van der Waals surface area contributed by atoms with Gasteiger partial charge in [0.15, 0.2) is 0 Å². The molecule has 2 aromatic carbocycles. The number of carbonyl (C=O) groups is 1. The first-order chi connectivity index (χ1) is 12.0. The van der Waals surface area contributed by atoms with E-state index in [0.717, 1.165) is 6.21 Å². The molecule has 0 heterocycles. The summed E-state index contributed by atoms with van der Waals surface area (Å²) in [5.41, 5.74) is 3.29. The molecule has 0 saturated heterocycles. The Balaban J connectivity index is 2.25. The Morgan fingerprint density at radius 2 is 1.76 bits per heavy atom. The van der Waals surface area contributed by atoms with Crippen LogP contribution < -0.4 is 10.1 Å². The van der Waals surface area contributed by atoms with Gasteiger partial charge in [0.1, 0.15) is 5.71 Å². The highest BCUT2D eigenvalue weighted by molar-refractivity contribution is 7.89. The highest BCUT2D eigenvalue weighted by Crippen LogP contribution is 2.11.